The molecule has 2 aromatic carbocycles. The van der Waals surface area contributed by atoms with Gasteiger partial charge in [-0.3, -0.25) is 0 Å². The monoisotopic (exact) mass is 508 g/mol. The Balaban J connectivity index is 1.49. The zero-order valence-corrected chi connectivity index (χ0v) is 22.8. The second-order valence-corrected chi connectivity index (χ2v) is 9.61. The van der Waals surface area contributed by atoms with Crippen molar-refractivity contribution in [1.29, 1.82) is 0 Å². The molecule has 5 nitrogen and oxygen atoms in total. The number of unbranched alkanes of at least 4 members (excludes halogenated alkanes) is 9. The van der Waals surface area contributed by atoms with Crippen LogP contribution < -0.4 is 9.47 Å². The third-order valence-corrected chi connectivity index (χ3v) is 6.18. The fourth-order valence-electron chi connectivity index (χ4n) is 3.88. The van der Waals surface area contributed by atoms with Gasteiger partial charge in [0.05, 0.1) is 18.8 Å². The Morgan fingerprint density at radius 1 is 0.703 bits per heavy atom. The van der Waals surface area contributed by atoms with E-state index in [1.807, 2.05) is 36.4 Å². The van der Waals surface area contributed by atoms with E-state index < -0.39 is 0 Å². The molecule has 5 heteroatoms. The molecule has 0 aliphatic rings. The van der Waals surface area contributed by atoms with Crippen LogP contribution in [-0.2, 0) is 16.0 Å². The zero-order valence-electron chi connectivity index (χ0n) is 22.8. The molecule has 2 aromatic rings. The van der Waals surface area contributed by atoms with E-state index in [4.69, 9.17) is 14.2 Å². The molecule has 37 heavy (non-hydrogen) atoms. The average Bonchev–Trinajstić information content (AvgIpc) is 2.91. The highest BCUT2D eigenvalue weighted by Crippen LogP contribution is 2.18. The molecule has 0 aromatic heterocycles. The maximum absolute atomic E-state index is 12.4. The molecule has 0 amide bonds. The van der Waals surface area contributed by atoms with Crippen LogP contribution in [0.5, 0.6) is 11.5 Å². The van der Waals surface area contributed by atoms with Gasteiger partial charge in [0.15, 0.2) is 0 Å². The Kier molecular flexibility index (Phi) is 14.8. The lowest BCUT2D eigenvalue weighted by Gasteiger charge is -2.08. The number of esters is 2. The van der Waals surface area contributed by atoms with Gasteiger partial charge in [-0.15, -0.1) is 0 Å². The van der Waals surface area contributed by atoms with E-state index in [-0.39, 0.29) is 11.9 Å². The second kappa shape index (κ2) is 18.2. The topological polar surface area (TPSA) is 61.8 Å². The van der Waals surface area contributed by atoms with Crippen LogP contribution >= 0.6 is 0 Å². The van der Waals surface area contributed by atoms with E-state index in [2.05, 4.69) is 13.5 Å². The minimum absolute atomic E-state index is 0.291. The quantitative estimate of drug-likeness (QED) is 0.0827. The molecule has 0 atom stereocenters. The molecule has 0 fully saturated rings. The van der Waals surface area contributed by atoms with Gasteiger partial charge in [0.25, 0.3) is 0 Å². The van der Waals surface area contributed by atoms with Crippen molar-refractivity contribution in [2.75, 3.05) is 13.2 Å². The largest absolute Gasteiger partial charge is 0.494 e. The van der Waals surface area contributed by atoms with Crippen LogP contribution in [0.3, 0.4) is 0 Å². The number of carbonyl (C=O) groups is 2. The van der Waals surface area contributed by atoms with Gasteiger partial charge in [-0.1, -0.05) is 77.0 Å². The number of hydrogen-bond acceptors (Lipinski definition) is 5. The smallest absolute Gasteiger partial charge is 0.343 e. The second-order valence-electron chi connectivity index (χ2n) is 9.61. The number of ether oxygens (including phenoxy) is 3. The van der Waals surface area contributed by atoms with Gasteiger partial charge >= 0.3 is 11.9 Å². The summed E-state index contributed by atoms with van der Waals surface area (Å²) >= 11 is 0. The Labute approximate surface area is 223 Å². The Morgan fingerprint density at radius 2 is 1.24 bits per heavy atom. The van der Waals surface area contributed by atoms with E-state index in [9.17, 15) is 9.59 Å². The lowest BCUT2D eigenvalue weighted by atomic mass is 10.1. The van der Waals surface area contributed by atoms with Crippen LogP contribution in [0.1, 0.15) is 100 Å². The lowest BCUT2D eigenvalue weighted by molar-refractivity contribution is -0.139. The van der Waals surface area contributed by atoms with Crippen molar-refractivity contribution in [3.05, 3.63) is 71.8 Å². The van der Waals surface area contributed by atoms with E-state index >= 15 is 0 Å². The van der Waals surface area contributed by atoms with E-state index in [0.29, 0.717) is 30.1 Å². The van der Waals surface area contributed by atoms with Crippen molar-refractivity contribution in [2.24, 2.45) is 0 Å². The Hall–Kier alpha value is -3.08. The summed E-state index contributed by atoms with van der Waals surface area (Å²) in [4.78, 5) is 23.7. The number of aryl methyl sites for hydroxylation is 1. The molecule has 0 saturated carbocycles. The molecule has 0 saturated heterocycles. The highest BCUT2D eigenvalue weighted by atomic mass is 16.5. The van der Waals surface area contributed by atoms with Crippen molar-refractivity contribution >= 4 is 11.9 Å². The predicted molar refractivity (Wildman–Crippen MR) is 149 cm³/mol. The molecule has 0 radical (unpaired) electrons. The molecule has 0 unspecified atom stereocenters. The molecule has 0 aliphatic heterocycles. The summed E-state index contributed by atoms with van der Waals surface area (Å²) in [6.07, 6.45) is 13.7. The van der Waals surface area contributed by atoms with Crippen LogP contribution in [0.15, 0.2) is 60.7 Å². The number of rotatable bonds is 19. The van der Waals surface area contributed by atoms with Crippen molar-refractivity contribution in [1.82, 2.24) is 0 Å². The Morgan fingerprint density at radius 3 is 1.81 bits per heavy atom. The minimum atomic E-state index is -0.362. The van der Waals surface area contributed by atoms with E-state index in [1.165, 1.54) is 37.7 Å². The summed E-state index contributed by atoms with van der Waals surface area (Å²) in [6.45, 7) is 8.59. The van der Waals surface area contributed by atoms with Crippen LogP contribution in [0.4, 0.5) is 0 Å². The molecule has 0 heterocycles. The van der Waals surface area contributed by atoms with Crippen molar-refractivity contribution in [3.8, 4) is 11.5 Å². The fourth-order valence-corrected chi connectivity index (χ4v) is 3.88. The van der Waals surface area contributed by atoms with E-state index in [1.54, 1.807) is 19.1 Å². The minimum Gasteiger partial charge on any atom is -0.494 e. The third kappa shape index (κ3) is 13.2. The third-order valence-electron chi connectivity index (χ3n) is 6.18. The first-order chi connectivity index (χ1) is 18.0. The molecule has 0 bridgehead atoms. The van der Waals surface area contributed by atoms with Crippen molar-refractivity contribution in [3.63, 3.8) is 0 Å². The molecule has 0 spiro atoms. The zero-order chi connectivity index (χ0) is 26.7. The summed E-state index contributed by atoms with van der Waals surface area (Å²) in [5, 5.41) is 0. The fraction of sp³-hybridized carbons (Fsp3) is 0.500. The van der Waals surface area contributed by atoms with Gasteiger partial charge in [-0.2, -0.15) is 0 Å². The maximum Gasteiger partial charge on any atom is 0.343 e. The number of hydrogen-bond donors (Lipinski definition) is 0. The summed E-state index contributed by atoms with van der Waals surface area (Å²) in [5.41, 5.74) is 2.23. The normalized spacial score (nSPS) is 10.6. The Bertz CT molecular complexity index is 931. The van der Waals surface area contributed by atoms with Gasteiger partial charge in [0.2, 0.25) is 0 Å². The van der Waals surface area contributed by atoms with Crippen LogP contribution in [0.25, 0.3) is 0 Å². The SMILES string of the molecule is C=C(C)C(=O)OCCCCCCCCCCCOc1ccc(C(=O)Oc2ccc(CCCC)cc2)cc1. The van der Waals surface area contributed by atoms with Gasteiger partial charge in [-0.25, -0.2) is 9.59 Å². The molecule has 202 valence electrons. The van der Waals surface area contributed by atoms with Gasteiger partial charge in [0, 0.05) is 5.57 Å². The lowest BCUT2D eigenvalue weighted by Crippen LogP contribution is -2.08. The standard InChI is InChI=1S/C32H44O5/c1-4-5-15-27-16-20-30(21-17-27)37-32(34)28-18-22-29(23-19-28)35-24-13-11-9-7-6-8-10-12-14-25-36-31(33)26(2)3/h16-23H,2,4-15,24-25H2,1,3H3. The first kappa shape index (κ1) is 30.1. The van der Waals surface area contributed by atoms with Gasteiger partial charge < -0.3 is 14.2 Å². The molecular formula is C32H44O5. The van der Waals surface area contributed by atoms with Crippen LogP contribution in [-0.4, -0.2) is 25.2 Å². The van der Waals surface area contributed by atoms with Crippen molar-refractivity contribution < 1.29 is 23.8 Å². The summed E-state index contributed by atoms with van der Waals surface area (Å²) in [6, 6.07) is 14.9. The number of benzene rings is 2. The van der Waals surface area contributed by atoms with Gasteiger partial charge in [0.1, 0.15) is 11.5 Å². The summed E-state index contributed by atoms with van der Waals surface area (Å²) in [5.74, 6) is 0.678. The average molecular weight is 509 g/mol. The number of carbonyl (C=O) groups excluding carboxylic acids is 2. The predicted octanol–water partition coefficient (Wildman–Crippen LogP) is 8.26. The van der Waals surface area contributed by atoms with Crippen LogP contribution in [0.2, 0.25) is 0 Å². The molecular weight excluding hydrogens is 464 g/mol. The summed E-state index contributed by atoms with van der Waals surface area (Å²) < 4.78 is 16.4. The molecule has 0 aliphatic carbocycles. The van der Waals surface area contributed by atoms with Crippen LogP contribution in [0, 0.1) is 0 Å². The highest BCUT2D eigenvalue weighted by molar-refractivity contribution is 5.91. The van der Waals surface area contributed by atoms with Gasteiger partial charge in [-0.05, 0) is 74.6 Å². The molecule has 0 N–H and O–H groups in total. The highest BCUT2D eigenvalue weighted by Gasteiger charge is 2.09. The first-order valence-electron chi connectivity index (χ1n) is 13.9. The first-order valence-corrected chi connectivity index (χ1v) is 13.9. The molecule has 2 rings (SSSR count). The van der Waals surface area contributed by atoms with E-state index in [0.717, 1.165) is 50.7 Å². The maximum atomic E-state index is 12.4. The van der Waals surface area contributed by atoms with Crippen molar-refractivity contribution in [2.45, 2.75) is 90.9 Å². The summed E-state index contributed by atoms with van der Waals surface area (Å²) in [7, 11) is 0.